The van der Waals surface area contributed by atoms with E-state index in [9.17, 15) is 0 Å². The highest BCUT2D eigenvalue weighted by molar-refractivity contribution is 4.97. The molecule has 1 aromatic rings. The maximum absolute atomic E-state index is 3.99. The van der Waals surface area contributed by atoms with E-state index in [0.717, 1.165) is 0 Å². The molecule has 1 unspecified atom stereocenters. The summed E-state index contributed by atoms with van der Waals surface area (Å²) in [6.45, 7) is 8.42. The minimum Gasteiger partial charge on any atom is -0.0654 e. The fourth-order valence-electron chi connectivity index (χ4n) is 1.04. The molecule has 0 fully saturated rings. The Labute approximate surface area is 89.4 Å². The maximum atomic E-state index is 3.99. The Hall–Kier alpha value is -0.780. The van der Waals surface area contributed by atoms with Crippen LogP contribution in [-0.4, -0.2) is 0 Å². The van der Waals surface area contributed by atoms with Crippen molar-refractivity contribution in [3.8, 4) is 0 Å². The quantitative estimate of drug-likeness (QED) is 0.654. The van der Waals surface area contributed by atoms with Crippen molar-refractivity contribution in [2.75, 3.05) is 0 Å². The number of hydrogen-bond donors (Lipinski definition) is 0. The lowest BCUT2D eigenvalue weighted by atomic mass is 10.0. The molecule has 78 valence electrons. The van der Waals surface area contributed by atoms with Crippen LogP contribution in [0.2, 0.25) is 0 Å². The average molecular weight is 190 g/mol. The van der Waals surface area contributed by atoms with Gasteiger partial charge in [0, 0.05) is 0 Å². The molecule has 1 aromatic carbocycles. The van der Waals surface area contributed by atoms with Gasteiger partial charge in [-0.15, -0.1) is 0 Å². The molecule has 0 bridgehead atoms. The second-order valence-corrected chi connectivity index (χ2v) is 3.49. The molecule has 0 aliphatic carbocycles. The molecule has 0 saturated carbocycles. The molecule has 0 N–H and O–H groups in total. The van der Waals surface area contributed by atoms with Crippen LogP contribution in [0.15, 0.2) is 30.3 Å². The van der Waals surface area contributed by atoms with Gasteiger partial charge in [0.05, 0.1) is 0 Å². The summed E-state index contributed by atoms with van der Waals surface area (Å²) in [5, 5.41) is 0. The van der Waals surface area contributed by atoms with E-state index < -0.39 is 0 Å². The van der Waals surface area contributed by atoms with E-state index >= 15 is 0 Å². The van der Waals surface area contributed by atoms with E-state index in [4.69, 9.17) is 0 Å². The Morgan fingerprint density at radius 2 is 1.79 bits per heavy atom. The van der Waals surface area contributed by atoms with Crippen molar-refractivity contribution >= 4 is 0 Å². The highest BCUT2D eigenvalue weighted by Gasteiger charge is 1.94. The number of hydrogen-bond acceptors (Lipinski definition) is 0. The summed E-state index contributed by atoms with van der Waals surface area (Å²) in [5.74, 6) is 0.704. The van der Waals surface area contributed by atoms with Gasteiger partial charge in [-0.2, -0.15) is 0 Å². The predicted octanol–water partition coefficient (Wildman–Crippen LogP) is 4.52. The first kappa shape index (κ1) is 13.2. The van der Waals surface area contributed by atoms with Crippen LogP contribution in [-0.2, 0) is 0 Å². The number of unbranched alkanes of at least 4 members (excludes halogenated alkanes) is 1. The van der Waals surface area contributed by atoms with Crippen LogP contribution in [0.25, 0.3) is 0 Å². The summed E-state index contributed by atoms with van der Waals surface area (Å²) in [7, 11) is 0. The fourth-order valence-corrected chi connectivity index (χ4v) is 1.04. The first-order valence-corrected chi connectivity index (χ1v) is 5.55. The fraction of sp³-hybridized carbons (Fsp3) is 0.500. The van der Waals surface area contributed by atoms with Crippen molar-refractivity contribution in [3.05, 3.63) is 43.3 Å². The molecule has 0 spiro atoms. The molecule has 0 amide bonds. The Morgan fingerprint density at radius 3 is 2.07 bits per heavy atom. The van der Waals surface area contributed by atoms with Gasteiger partial charge in [-0.05, 0) is 12.0 Å². The van der Waals surface area contributed by atoms with Gasteiger partial charge in [0.25, 0.3) is 0 Å². The Kier molecular flexibility index (Phi) is 9.73. The lowest BCUT2D eigenvalue weighted by molar-refractivity contribution is 0.537. The Bertz CT molecular complexity index is 152. The van der Waals surface area contributed by atoms with Crippen LogP contribution >= 0.6 is 0 Å². The zero-order valence-corrected chi connectivity index (χ0v) is 9.50. The summed E-state index contributed by atoms with van der Waals surface area (Å²) in [5.41, 5.74) is 0. The smallest absolute Gasteiger partial charge is 0.0184 e. The van der Waals surface area contributed by atoms with Gasteiger partial charge in [0.15, 0.2) is 0 Å². The predicted molar refractivity (Wildman–Crippen MR) is 63.9 cm³/mol. The topological polar surface area (TPSA) is 0 Å². The zero-order chi connectivity index (χ0) is 10.6. The first-order valence-electron chi connectivity index (χ1n) is 5.55. The van der Waals surface area contributed by atoms with Gasteiger partial charge < -0.3 is 0 Å². The molecule has 0 aliphatic heterocycles. The van der Waals surface area contributed by atoms with Crippen molar-refractivity contribution < 1.29 is 0 Å². The minimum atomic E-state index is 0.704. The minimum absolute atomic E-state index is 0.704. The Balaban J connectivity index is 0.000000249. The van der Waals surface area contributed by atoms with E-state index in [1.165, 1.54) is 25.7 Å². The van der Waals surface area contributed by atoms with Gasteiger partial charge >= 0.3 is 0 Å². The van der Waals surface area contributed by atoms with E-state index in [1.807, 2.05) is 30.3 Å². The standard InChI is InChI=1S/C8H17.C6H5/c1-4-6-7-8(3)5-2;1-2-4-6-5-3-1/h8H,3-7H2,1-2H3;1-5H. The SMILES string of the molecule is [CH2]C(CC)CCCC.[c]1ccccc1. The largest absolute Gasteiger partial charge is 0.0654 e. The second-order valence-electron chi connectivity index (χ2n) is 3.49. The third-order valence-electron chi connectivity index (χ3n) is 2.15. The van der Waals surface area contributed by atoms with Crippen LogP contribution in [0.1, 0.15) is 39.5 Å². The number of benzene rings is 1. The van der Waals surface area contributed by atoms with E-state index in [-0.39, 0.29) is 0 Å². The highest BCUT2D eigenvalue weighted by atomic mass is 14.0. The third kappa shape index (κ3) is 9.31. The van der Waals surface area contributed by atoms with E-state index in [1.54, 1.807) is 0 Å². The van der Waals surface area contributed by atoms with Crippen LogP contribution in [0.5, 0.6) is 0 Å². The van der Waals surface area contributed by atoms with Crippen molar-refractivity contribution in [2.45, 2.75) is 39.5 Å². The summed E-state index contributed by atoms with van der Waals surface area (Å²) >= 11 is 0. The molecular formula is C14H22. The monoisotopic (exact) mass is 190 g/mol. The van der Waals surface area contributed by atoms with Crippen molar-refractivity contribution in [3.63, 3.8) is 0 Å². The normalized spacial score (nSPS) is 11.4. The van der Waals surface area contributed by atoms with Crippen LogP contribution in [0.3, 0.4) is 0 Å². The first-order chi connectivity index (χ1) is 6.81. The van der Waals surface area contributed by atoms with Gasteiger partial charge in [-0.25, -0.2) is 0 Å². The molecular weight excluding hydrogens is 168 g/mol. The molecule has 0 saturated heterocycles. The molecule has 0 heteroatoms. The van der Waals surface area contributed by atoms with Gasteiger partial charge in [-0.1, -0.05) is 76.8 Å². The van der Waals surface area contributed by atoms with E-state index in [0.29, 0.717) is 5.92 Å². The number of rotatable bonds is 4. The Morgan fingerprint density at radius 1 is 1.14 bits per heavy atom. The van der Waals surface area contributed by atoms with Crippen LogP contribution < -0.4 is 0 Å². The zero-order valence-electron chi connectivity index (χ0n) is 9.50. The van der Waals surface area contributed by atoms with Crippen molar-refractivity contribution in [1.29, 1.82) is 0 Å². The molecule has 14 heavy (non-hydrogen) atoms. The molecule has 1 rings (SSSR count). The third-order valence-corrected chi connectivity index (χ3v) is 2.15. The second kappa shape index (κ2) is 10.3. The molecule has 0 heterocycles. The van der Waals surface area contributed by atoms with Crippen molar-refractivity contribution in [1.82, 2.24) is 0 Å². The maximum Gasteiger partial charge on any atom is -0.0184 e. The van der Waals surface area contributed by atoms with Crippen LogP contribution in [0.4, 0.5) is 0 Å². The molecule has 0 nitrogen and oxygen atoms in total. The molecule has 1 atom stereocenters. The summed E-state index contributed by atoms with van der Waals surface area (Å²) in [6.07, 6.45) is 5.21. The molecule has 2 radical (unpaired) electrons. The van der Waals surface area contributed by atoms with Gasteiger partial charge in [0.1, 0.15) is 0 Å². The highest BCUT2D eigenvalue weighted by Crippen LogP contribution is 2.09. The lowest BCUT2D eigenvalue weighted by Crippen LogP contribution is -1.90. The van der Waals surface area contributed by atoms with Gasteiger partial charge in [-0.3, -0.25) is 0 Å². The van der Waals surface area contributed by atoms with Crippen LogP contribution in [0, 0.1) is 18.9 Å². The average Bonchev–Trinajstić information content (AvgIpc) is 2.29. The summed E-state index contributed by atoms with van der Waals surface area (Å²) in [6, 6.07) is 12.5. The summed E-state index contributed by atoms with van der Waals surface area (Å²) in [4.78, 5) is 0. The van der Waals surface area contributed by atoms with E-state index in [2.05, 4.69) is 26.8 Å². The van der Waals surface area contributed by atoms with Crippen molar-refractivity contribution in [2.24, 2.45) is 5.92 Å². The molecule has 0 aromatic heterocycles. The van der Waals surface area contributed by atoms with Gasteiger partial charge in [0.2, 0.25) is 0 Å². The lowest BCUT2D eigenvalue weighted by Gasteiger charge is -2.04. The summed E-state index contributed by atoms with van der Waals surface area (Å²) < 4.78 is 0. The molecule has 0 aliphatic rings.